The molecule has 0 bridgehead atoms. The number of halogens is 1. The highest BCUT2D eigenvalue weighted by molar-refractivity contribution is 9.10. The molecular weight excluding hydrogens is 282 g/mol. The first-order valence-electron chi connectivity index (χ1n) is 5.76. The van der Waals surface area contributed by atoms with Crippen LogP contribution >= 0.6 is 15.9 Å². The van der Waals surface area contributed by atoms with Crippen LogP contribution < -0.4 is 0 Å². The van der Waals surface area contributed by atoms with Crippen molar-refractivity contribution in [3.8, 4) is 0 Å². The zero-order valence-corrected chi connectivity index (χ0v) is 11.1. The normalized spacial score (nSPS) is 17.7. The van der Waals surface area contributed by atoms with Gasteiger partial charge in [-0.3, -0.25) is 4.90 Å². The Balaban J connectivity index is 1.89. The quantitative estimate of drug-likeness (QED) is 0.848. The van der Waals surface area contributed by atoms with Crippen LogP contribution in [0.3, 0.4) is 0 Å². The second kappa shape index (κ2) is 4.76. The molecule has 1 aliphatic heterocycles. The summed E-state index contributed by atoms with van der Waals surface area (Å²) in [5, 5.41) is 0. The average molecular weight is 296 g/mol. The van der Waals surface area contributed by atoms with Gasteiger partial charge in [0.15, 0.2) is 0 Å². The summed E-state index contributed by atoms with van der Waals surface area (Å²) in [4.78, 5) is 6.95. The average Bonchev–Trinajstić information content (AvgIpc) is 2.69. The van der Waals surface area contributed by atoms with Gasteiger partial charge in [0.1, 0.15) is 10.4 Å². The fraction of sp³-hybridized carbons (Fsp3) is 0.417. The van der Waals surface area contributed by atoms with Crippen LogP contribution in [0, 0.1) is 0 Å². The number of hydrogen-bond acceptors (Lipinski definition) is 3. The van der Waals surface area contributed by atoms with Crippen LogP contribution in [0.2, 0.25) is 0 Å². The van der Waals surface area contributed by atoms with Gasteiger partial charge < -0.3 is 9.14 Å². The van der Waals surface area contributed by atoms with Gasteiger partial charge in [-0.2, -0.15) is 0 Å². The summed E-state index contributed by atoms with van der Waals surface area (Å²) in [6.07, 6.45) is 2.06. The Morgan fingerprint density at radius 3 is 2.94 bits per heavy atom. The van der Waals surface area contributed by atoms with Crippen molar-refractivity contribution < 1.29 is 4.74 Å². The molecule has 0 N–H and O–H groups in total. The van der Waals surface area contributed by atoms with Crippen molar-refractivity contribution in [2.45, 2.75) is 6.54 Å². The highest BCUT2D eigenvalue weighted by atomic mass is 79.9. The number of imidazole rings is 1. The minimum Gasteiger partial charge on any atom is -0.379 e. The van der Waals surface area contributed by atoms with Gasteiger partial charge in [0.05, 0.1) is 25.3 Å². The lowest BCUT2D eigenvalue weighted by atomic mass is 10.4. The molecule has 0 aliphatic carbocycles. The summed E-state index contributed by atoms with van der Waals surface area (Å²) in [6.45, 7) is 4.49. The van der Waals surface area contributed by atoms with Crippen LogP contribution in [0.4, 0.5) is 0 Å². The first-order valence-corrected chi connectivity index (χ1v) is 6.55. The molecule has 1 fully saturated rings. The molecule has 1 saturated heterocycles. The predicted octanol–water partition coefficient (Wildman–Crippen LogP) is 1.93. The number of pyridine rings is 1. The Kier molecular flexibility index (Phi) is 3.13. The number of hydrogen-bond donors (Lipinski definition) is 0. The largest absolute Gasteiger partial charge is 0.379 e. The van der Waals surface area contributed by atoms with E-state index in [1.165, 1.54) is 0 Å². The summed E-state index contributed by atoms with van der Waals surface area (Å²) in [5.74, 6) is 1.08. The van der Waals surface area contributed by atoms with Crippen molar-refractivity contribution in [1.82, 2.24) is 14.3 Å². The number of morpholine rings is 1. The highest BCUT2D eigenvalue weighted by Gasteiger charge is 2.15. The van der Waals surface area contributed by atoms with E-state index in [2.05, 4.69) is 42.5 Å². The number of rotatable bonds is 2. The molecule has 0 atom stereocenters. The molecule has 4 nitrogen and oxygen atoms in total. The van der Waals surface area contributed by atoms with Gasteiger partial charge in [0, 0.05) is 19.3 Å². The molecule has 0 spiro atoms. The van der Waals surface area contributed by atoms with Gasteiger partial charge in [-0.1, -0.05) is 6.07 Å². The van der Waals surface area contributed by atoms with Crippen molar-refractivity contribution in [3.63, 3.8) is 0 Å². The molecule has 17 heavy (non-hydrogen) atoms. The third-order valence-corrected chi connectivity index (χ3v) is 3.63. The molecule has 2 aromatic heterocycles. The molecule has 0 saturated carbocycles. The van der Waals surface area contributed by atoms with E-state index in [1.54, 1.807) is 0 Å². The summed E-state index contributed by atoms with van der Waals surface area (Å²) in [7, 11) is 0. The van der Waals surface area contributed by atoms with Crippen LogP contribution in [-0.2, 0) is 11.3 Å². The molecule has 1 aliphatic rings. The molecule has 2 aromatic rings. The first kappa shape index (κ1) is 11.2. The van der Waals surface area contributed by atoms with E-state index in [1.807, 2.05) is 12.1 Å². The minimum absolute atomic E-state index is 0.824. The van der Waals surface area contributed by atoms with Crippen molar-refractivity contribution in [2.24, 2.45) is 0 Å². The fourth-order valence-corrected chi connectivity index (χ4v) is 2.66. The lowest BCUT2D eigenvalue weighted by Crippen LogP contribution is -2.36. The van der Waals surface area contributed by atoms with Crippen LogP contribution in [-0.4, -0.2) is 40.6 Å². The molecule has 0 unspecified atom stereocenters. The maximum absolute atomic E-state index is 5.35. The molecule has 0 amide bonds. The third kappa shape index (κ3) is 2.22. The van der Waals surface area contributed by atoms with Crippen LogP contribution in [0.25, 0.3) is 5.52 Å². The number of ether oxygens (including phenoxy) is 1. The van der Waals surface area contributed by atoms with E-state index < -0.39 is 0 Å². The second-order valence-corrected chi connectivity index (χ2v) is 4.91. The van der Waals surface area contributed by atoms with E-state index in [0.717, 1.165) is 48.8 Å². The maximum atomic E-state index is 5.35. The van der Waals surface area contributed by atoms with Crippen LogP contribution in [0.1, 0.15) is 5.82 Å². The summed E-state index contributed by atoms with van der Waals surface area (Å²) >= 11 is 3.51. The second-order valence-electron chi connectivity index (χ2n) is 4.16. The molecule has 90 valence electrons. The Labute approximate surface area is 108 Å². The molecule has 3 heterocycles. The summed E-state index contributed by atoms with van der Waals surface area (Å²) in [5.41, 5.74) is 1.12. The van der Waals surface area contributed by atoms with Gasteiger partial charge in [0.25, 0.3) is 0 Å². The topological polar surface area (TPSA) is 29.8 Å². The van der Waals surface area contributed by atoms with Gasteiger partial charge >= 0.3 is 0 Å². The van der Waals surface area contributed by atoms with Crippen LogP contribution in [0.15, 0.2) is 29.0 Å². The van der Waals surface area contributed by atoms with Gasteiger partial charge in [-0.25, -0.2) is 4.98 Å². The SMILES string of the molecule is Brc1nc(CN2CCOCC2)n2ccccc12. The first-order chi connectivity index (χ1) is 8.34. The monoisotopic (exact) mass is 295 g/mol. The molecule has 0 aromatic carbocycles. The minimum atomic E-state index is 0.824. The standard InChI is InChI=1S/C12H14BrN3O/c13-12-10-3-1-2-4-16(10)11(14-12)9-15-5-7-17-8-6-15/h1-4H,5-9H2. The van der Waals surface area contributed by atoms with Crippen molar-refractivity contribution in [2.75, 3.05) is 26.3 Å². The van der Waals surface area contributed by atoms with Gasteiger partial charge in [-0.15, -0.1) is 0 Å². The lowest BCUT2D eigenvalue weighted by Gasteiger charge is -2.25. The Hall–Kier alpha value is -0.910. The smallest absolute Gasteiger partial charge is 0.132 e. The maximum Gasteiger partial charge on any atom is 0.132 e. The van der Waals surface area contributed by atoms with E-state index in [0.29, 0.717) is 0 Å². The predicted molar refractivity (Wildman–Crippen MR) is 69.0 cm³/mol. The zero-order chi connectivity index (χ0) is 11.7. The van der Waals surface area contributed by atoms with E-state index in [9.17, 15) is 0 Å². The van der Waals surface area contributed by atoms with Gasteiger partial charge in [0.2, 0.25) is 0 Å². The van der Waals surface area contributed by atoms with Crippen molar-refractivity contribution in [1.29, 1.82) is 0 Å². The summed E-state index contributed by atoms with van der Waals surface area (Å²) < 4.78 is 8.41. The molecule has 0 radical (unpaired) electrons. The number of fused-ring (bicyclic) bond motifs is 1. The fourth-order valence-electron chi connectivity index (χ4n) is 2.13. The summed E-state index contributed by atoms with van der Waals surface area (Å²) in [6, 6.07) is 6.13. The molecule has 3 rings (SSSR count). The van der Waals surface area contributed by atoms with E-state index in [-0.39, 0.29) is 0 Å². The van der Waals surface area contributed by atoms with E-state index in [4.69, 9.17) is 4.74 Å². The van der Waals surface area contributed by atoms with Gasteiger partial charge in [-0.05, 0) is 28.1 Å². The Morgan fingerprint density at radius 2 is 2.12 bits per heavy atom. The molecule has 5 heteroatoms. The Morgan fingerprint density at radius 1 is 1.29 bits per heavy atom. The number of nitrogens with zero attached hydrogens (tertiary/aromatic N) is 3. The third-order valence-electron chi connectivity index (χ3n) is 3.05. The highest BCUT2D eigenvalue weighted by Crippen LogP contribution is 2.19. The lowest BCUT2D eigenvalue weighted by molar-refractivity contribution is 0.0330. The zero-order valence-electron chi connectivity index (χ0n) is 9.47. The number of aromatic nitrogens is 2. The van der Waals surface area contributed by atoms with E-state index >= 15 is 0 Å². The Bertz CT molecular complexity index is 519. The van der Waals surface area contributed by atoms with Crippen molar-refractivity contribution in [3.05, 3.63) is 34.8 Å². The van der Waals surface area contributed by atoms with Crippen LogP contribution in [0.5, 0.6) is 0 Å². The van der Waals surface area contributed by atoms with Crippen molar-refractivity contribution >= 4 is 21.4 Å². The molecular formula is C12H14BrN3O.